The highest BCUT2D eigenvalue weighted by Crippen LogP contribution is 2.21. The van der Waals surface area contributed by atoms with Gasteiger partial charge < -0.3 is 20.2 Å². The zero-order valence-corrected chi connectivity index (χ0v) is 19.0. The minimum absolute atomic E-state index is 0.241. The summed E-state index contributed by atoms with van der Waals surface area (Å²) in [5, 5.41) is 12.6. The van der Waals surface area contributed by atoms with E-state index in [9.17, 15) is 14.3 Å². The number of rotatable bonds is 5. The lowest BCUT2D eigenvalue weighted by Crippen LogP contribution is -2.55. The highest BCUT2D eigenvalue weighted by molar-refractivity contribution is 5.80. The molecule has 2 aliphatic heterocycles. The van der Waals surface area contributed by atoms with E-state index in [1.165, 1.54) is 12.5 Å². The molecule has 0 aromatic heterocycles. The first-order chi connectivity index (χ1) is 14.9. The summed E-state index contributed by atoms with van der Waals surface area (Å²) in [4.78, 5) is 23.6. The van der Waals surface area contributed by atoms with Gasteiger partial charge in [-0.1, -0.05) is 19.9 Å². The molecule has 172 valence electrons. The summed E-state index contributed by atoms with van der Waals surface area (Å²) in [7, 11) is 1.75. The van der Waals surface area contributed by atoms with Crippen LogP contribution in [0.1, 0.15) is 31.4 Å². The van der Waals surface area contributed by atoms with Crippen LogP contribution in [-0.2, 0) is 17.9 Å². The minimum atomic E-state index is -0.394. The normalized spacial score (nSPS) is 23.2. The van der Waals surface area contributed by atoms with Crippen LogP contribution in [-0.4, -0.2) is 84.5 Å². The number of hydrogen-bond acceptors (Lipinski definition) is 4. The molecule has 8 heteroatoms. The van der Waals surface area contributed by atoms with Crippen molar-refractivity contribution in [3.05, 3.63) is 35.1 Å². The van der Waals surface area contributed by atoms with Crippen molar-refractivity contribution in [2.45, 2.75) is 33.4 Å². The summed E-state index contributed by atoms with van der Waals surface area (Å²) in [6, 6.07) is 4.76. The Labute approximate surface area is 184 Å². The molecule has 1 amide bonds. The summed E-state index contributed by atoms with van der Waals surface area (Å²) in [6.07, 6.45) is 1.20. The van der Waals surface area contributed by atoms with Gasteiger partial charge in [0.15, 0.2) is 5.96 Å². The van der Waals surface area contributed by atoms with Crippen molar-refractivity contribution in [1.82, 2.24) is 20.0 Å². The van der Waals surface area contributed by atoms with E-state index in [4.69, 9.17) is 0 Å². The zero-order valence-electron chi connectivity index (χ0n) is 19.0. The van der Waals surface area contributed by atoms with Crippen molar-refractivity contribution >= 4 is 11.9 Å². The van der Waals surface area contributed by atoms with Gasteiger partial charge in [-0.3, -0.25) is 14.7 Å². The van der Waals surface area contributed by atoms with Crippen molar-refractivity contribution in [2.24, 2.45) is 16.8 Å². The van der Waals surface area contributed by atoms with Crippen LogP contribution in [0, 0.1) is 17.7 Å². The van der Waals surface area contributed by atoms with Crippen LogP contribution in [0.4, 0.5) is 4.39 Å². The number of benzene rings is 1. The number of nitrogens with one attached hydrogen (secondary N) is 1. The van der Waals surface area contributed by atoms with Crippen molar-refractivity contribution in [3.63, 3.8) is 0 Å². The van der Waals surface area contributed by atoms with E-state index in [1.807, 2.05) is 4.90 Å². The Morgan fingerprint density at radius 1 is 1.16 bits per heavy atom. The number of likely N-dealkylation sites (tertiary alicyclic amines) is 1. The molecule has 3 rings (SSSR count). The highest BCUT2D eigenvalue weighted by atomic mass is 19.1. The van der Waals surface area contributed by atoms with E-state index in [0.29, 0.717) is 30.5 Å². The summed E-state index contributed by atoms with van der Waals surface area (Å²) in [6.45, 7) is 10.1. The number of hydrogen-bond donors (Lipinski definition) is 2. The monoisotopic (exact) mass is 433 g/mol. The van der Waals surface area contributed by atoms with Gasteiger partial charge in [0.1, 0.15) is 5.82 Å². The fourth-order valence-corrected chi connectivity index (χ4v) is 4.65. The Kier molecular flexibility index (Phi) is 8.26. The second kappa shape index (κ2) is 10.9. The van der Waals surface area contributed by atoms with Crippen LogP contribution in [0.5, 0.6) is 0 Å². The molecule has 2 N–H and O–H groups in total. The van der Waals surface area contributed by atoms with Gasteiger partial charge in [-0.05, 0) is 36.0 Å². The Morgan fingerprint density at radius 2 is 1.84 bits per heavy atom. The van der Waals surface area contributed by atoms with Crippen molar-refractivity contribution in [3.8, 4) is 0 Å². The molecule has 0 saturated carbocycles. The van der Waals surface area contributed by atoms with E-state index < -0.39 is 5.82 Å². The summed E-state index contributed by atoms with van der Waals surface area (Å²) < 4.78 is 13.6. The minimum Gasteiger partial charge on any atom is -0.392 e. The average Bonchev–Trinajstić information content (AvgIpc) is 2.75. The fourth-order valence-electron chi connectivity index (χ4n) is 4.65. The number of aliphatic hydroxyl groups excluding tert-OH is 1. The third kappa shape index (κ3) is 6.40. The maximum atomic E-state index is 13.6. The summed E-state index contributed by atoms with van der Waals surface area (Å²) in [5.74, 6) is 1.79. The van der Waals surface area contributed by atoms with Gasteiger partial charge in [-0.15, -0.1) is 0 Å². The molecule has 1 aromatic carbocycles. The molecule has 1 aromatic rings. The molecule has 2 aliphatic rings. The lowest BCUT2D eigenvalue weighted by Gasteiger charge is -2.39. The van der Waals surface area contributed by atoms with E-state index >= 15 is 0 Å². The molecule has 2 unspecified atom stereocenters. The van der Waals surface area contributed by atoms with Crippen LogP contribution in [0.25, 0.3) is 0 Å². The van der Waals surface area contributed by atoms with E-state index in [2.05, 4.69) is 34.0 Å². The van der Waals surface area contributed by atoms with Gasteiger partial charge >= 0.3 is 0 Å². The smallest absolute Gasteiger partial charge is 0.236 e. The molecule has 0 spiro atoms. The van der Waals surface area contributed by atoms with Crippen LogP contribution in [0.15, 0.2) is 23.2 Å². The number of nitrogens with zero attached hydrogens (tertiary/aromatic N) is 4. The lowest BCUT2D eigenvalue weighted by atomic mass is 9.92. The molecular weight excluding hydrogens is 397 g/mol. The lowest BCUT2D eigenvalue weighted by molar-refractivity contribution is -0.135. The number of halogens is 1. The van der Waals surface area contributed by atoms with E-state index in [0.717, 1.165) is 50.8 Å². The molecule has 2 fully saturated rings. The molecule has 0 radical (unpaired) electrons. The van der Waals surface area contributed by atoms with Gasteiger partial charge in [0.05, 0.1) is 13.2 Å². The standard InChI is InChI=1S/C23H36FN5O2/c1-17-10-18(2)14-29(13-17)22(31)15-27-6-8-28(9-7-27)23(25-3)26-12-19-4-5-21(24)20(11-19)16-30/h4-5,11,17-18,30H,6-10,12-16H2,1-3H3,(H,25,26). The molecule has 0 bridgehead atoms. The molecule has 0 aliphatic carbocycles. The Morgan fingerprint density at radius 3 is 2.45 bits per heavy atom. The number of guanidine groups is 1. The first kappa shape index (κ1) is 23.5. The van der Waals surface area contributed by atoms with Crippen molar-refractivity contribution in [2.75, 3.05) is 52.9 Å². The Bertz CT molecular complexity index is 769. The predicted molar refractivity (Wildman–Crippen MR) is 120 cm³/mol. The van der Waals surface area contributed by atoms with Crippen molar-refractivity contribution < 1.29 is 14.3 Å². The second-order valence-corrected chi connectivity index (χ2v) is 8.99. The summed E-state index contributed by atoms with van der Waals surface area (Å²) >= 11 is 0. The first-order valence-corrected chi connectivity index (χ1v) is 11.2. The largest absolute Gasteiger partial charge is 0.392 e. The van der Waals surface area contributed by atoms with Crippen LogP contribution in [0.2, 0.25) is 0 Å². The third-order valence-corrected chi connectivity index (χ3v) is 6.20. The zero-order chi connectivity index (χ0) is 22.4. The first-order valence-electron chi connectivity index (χ1n) is 11.2. The third-order valence-electron chi connectivity index (χ3n) is 6.20. The fraction of sp³-hybridized carbons (Fsp3) is 0.652. The predicted octanol–water partition coefficient (Wildman–Crippen LogP) is 1.52. The maximum Gasteiger partial charge on any atom is 0.236 e. The Hall–Kier alpha value is -2.19. The van der Waals surface area contributed by atoms with Gasteiger partial charge in [-0.25, -0.2) is 4.39 Å². The second-order valence-electron chi connectivity index (χ2n) is 8.99. The van der Waals surface area contributed by atoms with Gasteiger partial charge in [0.2, 0.25) is 5.91 Å². The van der Waals surface area contributed by atoms with Gasteiger partial charge in [0, 0.05) is 58.4 Å². The number of carbonyl (C=O) groups excluding carboxylic acids is 1. The maximum absolute atomic E-state index is 13.6. The van der Waals surface area contributed by atoms with Crippen molar-refractivity contribution in [1.29, 1.82) is 0 Å². The van der Waals surface area contributed by atoms with Gasteiger partial charge in [-0.2, -0.15) is 0 Å². The number of piperazine rings is 1. The Balaban J connectivity index is 1.46. The molecule has 7 nitrogen and oxygen atoms in total. The number of carbonyl (C=O) groups is 1. The SMILES string of the molecule is CN=C(NCc1ccc(F)c(CO)c1)N1CCN(CC(=O)N2CC(C)CC(C)C2)CC1. The number of aliphatic hydroxyl groups is 1. The topological polar surface area (TPSA) is 71.4 Å². The van der Waals surface area contributed by atoms with Crippen LogP contribution >= 0.6 is 0 Å². The highest BCUT2D eigenvalue weighted by Gasteiger charge is 2.28. The molecule has 31 heavy (non-hydrogen) atoms. The van der Waals surface area contributed by atoms with E-state index in [1.54, 1.807) is 19.2 Å². The van der Waals surface area contributed by atoms with Crippen LogP contribution < -0.4 is 5.32 Å². The molecule has 2 atom stereocenters. The van der Waals surface area contributed by atoms with Gasteiger partial charge in [0.25, 0.3) is 0 Å². The quantitative estimate of drug-likeness (QED) is 0.544. The number of piperidine rings is 1. The molecule has 2 saturated heterocycles. The van der Waals surface area contributed by atoms with E-state index in [-0.39, 0.29) is 12.5 Å². The molecule has 2 heterocycles. The average molecular weight is 434 g/mol. The summed E-state index contributed by atoms with van der Waals surface area (Å²) in [5.41, 5.74) is 1.19. The number of amides is 1. The molecular formula is C23H36FN5O2. The van der Waals surface area contributed by atoms with Crippen LogP contribution in [0.3, 0.4) is 0 Å². The number of aliphatic imine (C=N–C) groups is 1.